The lowest BCUT2D eigenvalue weighted by molar-refractivity contribution is 0.438. The lowest BCUT2D eigenvalue weighted by Gasteiger charge is -2.41. The molecule has 0 N–H and O–H groups in total. The predicted octanol–water partition coefficient (Wildman–Crippen LogP) is 14.2. The Labute approximate surface area is 326 Å². The average Bonchev–Trinajstić information content (AvgIpc) is 3.54. The van der Waals surface area contributed by atoms with Crippen LogP contribution in [0.4, 0.5) is 34.1 Å². The monoisotopic (exact) mass is 716 g/mol. The van der Waals surface area contributed by atoms with Crippen LogP contribution < -0.4 is 14.5 Å². The summed E-state index contributed by atoms with van der Waals surface area (Å²) in [4.78, 5) is 4.73. The lowest BCUT2D eigenvalue weighted by atomic mass is 9.65. The highest BCUT2D eigenvalue weighted by Crippen LogP contribution is 2.64. The molecular weight excluding hydrogens is 681 g/mol. The van der Waals surface area contributed by atoms with Gasteiger partial charge < -0.3 is 14.5 Å². The smallest absolute Gasteiger partial charge is 0.132 e. The third kappa shape index (κ3) is 4.84. The van der Waals surface area contributed by atoms with E-state index >= 15 is 0 Å². The molecule has 1 heterocycles. The fraction of sp³-hybridized carbons (Fsp3) is 0.0189. The molecular formula is C53H36N2O. The molecule has 0 saturated carbocycles. The van der Waals surface area contributed by atoms with Crippen LogP contribution in [0.5, 0.6) is 11.5 Å². The zero-order valence-corrected chi connectivity index (χ0v) is 30.6. The van der Waals surface area contributed by atoms with E-state index in [2.05, 4.69) is 228 Å². The molecule has 1 aliphatic heterocycles. The van der Waals surface area contributed by atoms with Gasteiger partial charge in [-0.3, -0.25) is 0 Å². The Morgan fingerprint density at radius 1 is 0.321 bits per heavy atom. The highest BCUT2D eigenvalue weighted by Gasteiger charge is 2.52. The summed E-state index contributed by atoms with van der Waals surface area (Å²) < 4.78 is 6.91. The molecule has 264 valence electrons. The molecule has 56 heavy (non-hydrogen) atoms. The van der Waals surface area contributed by atoms with Crippen molar-refractivity contribution in [1.82, 2.24) is 0 Å². The number of hydrogen-bond donors (Lipinski definition) is 0. The summed E-state index contributed by atoms with van der Waals surface area (Å²) in [5.74, 6) is 1.75. The summed E-state index contributed by atoms with van der Waals surface area (Å²) in [6.45, 7) is 0. The Hall–Kier alpha value is -7.36. The number of fused-ring (bicyclic) bond motifs is 11. The molecule has 0 amide bonds. The maximum absolute atomic E-state index is 6.91. The lowest BCUT2D eigenvalue weighted by Crippen LogP contribution is -2.33. The summed E-state index contributed by atoms with van der Waals surface area (Å²) in [6.07, 6.45) is 0. The molecule has 0 atom stereocenters. The second-order valence-electron chi connectivity index (χ2n) is 14.5. The maximum Gasteiger partial charge on any atom is 0.132 e. The van der Waals surface area contributed by atoms with Gasteiger partial charge in [0.15, 0.2) is 0 Å². The van der Waals surface area contributed by atoms with Gasteiger partial charge in [0, 0.05) is 45.3 Å². The molecule has 0 aromatic heterocycles. The van der Waals surface area contributed by atoms with Crippen LogP contribution in [0.2, 0.25) is 0 Å². The van der Waals surface area contributed by atoms with Crippen molar-refractivity contribution in [2.24, 2.45) is 0 Å². The van der Waals surface area contributed by atoms with Crippen molar-refractivity contribution in [3.05, 3.63) is 241 Å². The number of benzene rings is 9. The van der Waals surface area contributed by atoms with E-state index in [1.807, 2.05) is 0 Å². The third-order valence-corrected chi connectivity index (χ3v) is 11.5. The van der Waals surface area contributed by atoms with Crippen LogP contribution in [0.1, 0.15) is 22.3 Å². The first-order valence-electron chi connectivity index (χ1n) is 19.2. The van der Waals surface area contributed by atoms with E-state index in [0.717, 1.165) is 51.2 Å². The number of nitrogens with zero attached hydrogens (tertiary/aromatic N) is 2. The molecule has 0 unspecified atom stereocenters. The number of ether oxygens (including phenoxy) is 1. The molecule has 0 saturated heterocycles. The van der Waals surface area contributed by atoms with Gasteiger partial charge in [0.05, 0.1) is 5.41 Å². The number of para-hydroxylation sites is 5. The van der Waals surface area contributed by atoms with Gasteiger partial charge in [-0.15, -0.1) is 0 Å². The minimum atomic E-state index is -0.709. The van der Waals surface area contributed by atoms with Crippen molar-refractivity contribution in [1.29, 1.82) is 0 Å². The molecule has 1 aliphatic carbocycles. The van der Waals surface area contributed by atoms with Crippen LogP contribution in [-0.2, 0) is 5.41 Å². The number of hydrogen-bond acceptors (Lipinski definition) is 3. The van der Waals surface area contributed by atoms with Crippen molar-refractivity contribution in [2.75, 3.05) is 9.80 Å². The van der Waals surface area contributed by atoms with Gasteiger partial charge in [-0.25, -0.2) is 0 Å². The van der Waals surface area contributed by atoms with E-state index in [0.29, 0.717) is 0 Å². The molecule has 11 rings (SSSR count). The van der Waals surface area contributed by atoms with Gasteiger partial charge in [0.25, 0.3) is 0 Å². The van der Waals surface area contributed by atoms with E-state index in [1.54, 1.807) is 0 Å². The summed E-state index contributed by atoms with van der Waals surface area (Å²) in [7, 11) is 0. The van der Waals surface area contributed by atoms with Crippen molar-refractivity contribution < 1.29 is 4.74 Å². The van der Waals surface area contributed by atoms with Gasteiger partial charge in [-0.1, -0.05) is 133 Å². The summed E-state index contributed by atoms with van der Waals surface area (Å²) >= 11 is 0. The van der Waals surface area contributed by atoms with Crippen LogP contribution >= 0.6 is 0 Å². The molecule has 9 aromatic rings. The van der Waals surface area contributed by atoms with Crippen molar-refractivity contribution >= 4 is 44.9 Å². The highest BCUT2D eigenvalue weighted by atomic mass is 16.5. The van der Waals surface area contributed by atoms with E-state index in [4.69, 9.17) is 4.74 Å². The van der Waals surface area contributed by atoms with E-state index < -0.39 is 5.41 Å². The van der Waals surface area contributed by atoms with Crippen molar-refractivity contribution in [2.45, 2.75) is 5.41 Å². The summed E-state index contributed by atoms with van der Waals surface area (Å²) in [6, 6.07) is 78.6. The Kier molecular flexibility index (Phi) is 7.39. The van der Waals surface area contributed by atoms with Crippen LogP contribution in [0.25, 0.3) is 21.9 Å². The van der Waals surface area contributed by atoms with Crippen LogP contribution in [0.3, 0.4) is 0 Å². The maximum atomic E-state index is 6.91. The van der Waals surface area contributed by atoms with E-state index in [-0.39, 0.29) is 0 Å². The van der Waals surface area contributed by atoms with E-state index in [1.165, 1.54) is 38.6 Å². The van der Waals surface area contributed by atoms with Gasteiger partial charge in [-0.05, 0) is 118 Å². The molecule has 9 aromatic carbocycles. The Morgan fingerprint density at radius 2 is 0.768 bits per heavy atom. The molecule has 0 radical (unpaired) electrons. The average molecular weight is 717 g/mol. The molecule has 3 nitrogen and oxygen atoms in total. The van der Waals surface area contributed by atoms with E-state index in [9.17, 15) is 0 Å². The van der Waals surface area contributed by atoms with Crippen molar-refractivity contribution in [3.63, 3.8) is 0 Å². The zero-order valence-electron chi connectivity index (χ0n) is 30.6. The van der Waals surface area contributed by atoms with Crippen molar-refractivity contribution in [3.8, 4) is 22.6 Å². The van der Waals surface area contributed by atoms with Gasteiger partial charge in [0.2, 0.25) is 0 Å². The Morgan fingerprint density at radius 3 is 1.29 bits per heavy atom. The second kappa shape index (κ2) is 12.9. The minimum absolute atomic E-state index is 0.709. The van der Waals surface area contributed by atoms with Crippen LogP contribution in [0, 0.1) is 0 Å². The van der Waals surface area contributed by atoms with Crippen LogP contribution in [-0.4, -0.2) is 0 Å². The topological polar surface area (TPSA) is 15.7 Å². The molecule has 3 heteroatoms. The largest absolute Gasteiger partial charge is 0.457 e. The first-order valence-corrected chi connectivity index (χ1v) is 19.2. The van der Waals surface area contributed by atoms with Gasteiger partial charge in [-0.2, -0.15) is 0 Å². The Bertz CT molecular complexity index is 2680. The predicted molar refractivity (Wildman–Crippen MR) is 231 cm³/mol. The summed E-state index contributed by atoms with van der Waals surface area (Å²) in [5.41, 5.74) is 13.1. The third-order valence-electron chi connectivity index (χ3n) is 11.5. The molecule has 0 fully saturated rings. The van der Waals surface area contributed by atoms with Gasteiger partial charge >= 0.3 is 0 Å². The summed E-state index contributed by atoms with van der Waals surface area (Å²) in [5, 5.41) is 2.36. The minimum Gasteiger partial charge on any atom is -0.457 e. The first-order chi connectivity index (χ1) is 27.8. The standard InChI is InChI=1S/C53H36N2O/c1-5-18-38(19-6-1)54(39-20-7-2-8-21-39)42-30-32-45-46-33-31-43(55(40-22-9-3-10-23-40)41-24-11-4-12-25-41)36-49(46)53(48(45)35-42)47-27-15-16-28-50(47)56-51-34-29-37-17-13-14-26-44(37)52(51)53/h1-36H. The molecule has 1 spiro atoms. The Balaban J connectivity index is 1.25. The highest BCUT2D eigenvalue weighted by molar-refractivity contribution is 5.99. The fourth-order valence-corrected chi connectivity index (χ4v) is 9.18. The molecule has 2 aliphatic rings. The fourth-order valence-electron chi connectivity index (χ4n) is 9.18. The SMILES string of the molecule is c1ccc(N(c2ccccc2)c2ccc3c(c2)C2(c4ccccc4Oc4ccc5ccccc5c42)c2cc(N(c4ccccc4)c4ccccc4)ccc2-3)cc1. The normalized spacial score (nSPS) is 12.9. The number of anilines is 6. The molecule has 0 bridgehead atoms. The first kappa shape index (κ1) is 32.1. The zero-order chi connectivity index (χ0) is 37.1. The second-order valence-corrected chi connectivity index (χ2v) is 14.5. The number of rotatable bonds is 6. The van der Waals surface area contributed by atoms with Gasteiger partial charge in [0.1, 0.15) is 11.5 Å². The van der Waals surface area contributed by atoms with Crippen LogP contribution in [0.15, 0.2) is 218 Å². The quantitative estimate of drug-likeness (QED) is 0.170.